The molecule has 5 nitrogen and oxygen atoms in total. The van der Waals surface area contributed by atoms with Crippen LogP contribution in [-0.4, -0.2) is 57.3 Å². The summed E-state index contributed by atoms with van der Waals surface area (Å²) in [7, 11) is 3.39. The van der Waals surface area contributed by atoms with E-state index in [9.17, 15) is 4.79 Å². The van der Waals surface area contributed by atoms with E-state index in [1.54, 1.807) is 14.2 Å². The van der Waals surface area contributed by atoms with Crippen molar-refractivity contribution in [3.8, 4) is 5.75 Å². The second kappa shape index (κ2) is 9.53. The van der Waals surface area contributed by atoms with Crippen LogP contribution in [0.4, 0.5) is 0 Å². The monoisotopic (exact) mass is 320 g/mol. The molecule has 0 spiro atoms. The summed E-state index contributed by atoms with van der Waals surface area (Å²) in [6, 6.07) is 8.38. The molecular weight excluding hydrogens is 292 g/mol. The zero-order valence-electron chi connectivity index (χ0n) is 14.2. The molecule has 1 heterocycles. The normalized spacial score (nSPS) is 17.7. The molecule has 1 aromatic rings. The fourth-order valence-electron chi connectivity index (χ4n) is 3.12. The first-order chi connectivity index (χ1) is 11.3. The smallest absolute Gasteiger partial charge is 0.222 e. The minimum atomic E-state index is 0.279. The average molecular weight is 320 g/mol. The number of hydrogen-bond donors (Lipinski definition) is 1. The quantitative estimate of drug-likeness (QED) is 0.669. The van der Waals surface area contributed by atoms with Crippen molar-refractivity contribution in [3.05, 3.63) is 29.8 Å². The first-order valence-corrected chi connectivity index (χ1v) is 8.37. The van der Waals surface area contributed by atoms with Crippen LogP contribution in [-0.2, 0) is 16.0 Å². The predicted molar refractivity (Wildman–Crippen MR) is 90.8 cm³/mol. The highest BCUT2D eigenvalue weighted by molar-refractivity contribution is 5.78. The number of para-hydroxylation sites is 1. The number of methoxy groups -OCH3 is 2. The topological polar surface area (TPSA) is 50.8 Å². The van der Waals surface area contributed by atoms with Crippen molar-refractivity contribution in [3.63, 3.8) is 0 Å². The molecule has 1 aliphatic heterocycles. The average Bonchev–Trinajstić information content (AvgIpc) is 2.93. The van der Waals surface area contributed by atoms with E-state index in [1.165, 1.54) is 0 Å². The first-order valence-electron chi connectivity index (χ1n) is 8.37. The molecule has 1 N–H and O–H groups in total. The molecule has 1 saturated heterocycles. The molecule has 0 unspecified atom stereocenters. The molecule has 1 amide bonds. The second-order valence-electron chi connectivity index (χ2n) is 5.87. The molecule has 0 bridgehead atoms. The Kier molecular flexibility index (Phi) is 7.36. The van der Waals surface area contributed by atoms with Crippen LogP contribution >= 0.6 is 0 Å². The SMILES string of the molecule is COCCNCC[C@@H]1CCC(=O)N1CCc1ccccc1OC. The van der Waals surface area contributed by atoms with Crippen LogP contribution in [0.25, 0.3) is 0 Å². The maximum Gasteiger partial charge on any atom is 0.222 e. The van der Waals surface area contributed by atoms with Crippen LogP contribution < -0.4 is 10.1 Å². The van der Waals surface area contributed by atoms with Crippen molar-refractivity contribution in [1.29, 1.82) is 0 Å². The lowest BCUT2D eigenvalue weighted by Crippen LogP contribution is -2.37. The third-order valence-corrected chi connectivity index (χ3v) is 4.40. The van der Waals surface area contributed by atoms with Gasteiger partial charge in [-0.15, -0.1) is 0 Å². The Hall–Kier alpha value is -1.59. The number of nitrogens with zero attached hydrogens (tertiary/aromatic N) is 1. The molecule has 0 aliphatic carbocycles. The van der Waals surface area contributed by atoms with Crippen LogP contribution in [0.3, 0.4) is 0 Å². The molecule has 2 rings (SSSR count). The Balaban J connectivity index is 1.82. The van der Waals surface area contributed by atoms with Gasteiger partial charge in [-0.3, -0.25) is 4.79 Å². The fourth-order valence-corrected chi connectivity index (χ4v) is 3.12. The summed E-state index contributed by atoms with van der Waals surface area (Å²) in [5.41, 5.74) is 1.16. The Morgan fingerprint density at radius 2 is 2.09 bits per heavy atom. The Labute approximate surface area is 139 Å². The summed E-state index contributed by atoms with van der Waals surface area (Å²) in [5.74, 6) is 1.18. The van der Waals surface area contributed by atoms with Gasteiger partial charge in [0.05, 0.1) is 13.7 Å². The maximum absolute atomic E-state index is 12.1. The van der Waals surface area contributed by atoms with Crippen molar-refractivity contribution < 1.29 is 14.3 Å². The van der Waals surface area contributed by atoms with Gasteiger partial charge in [0, 0.05) is 32.7 Å². The first kappa shape index (κ1) is 17.8. The van der Waals surface area contributed by atoms with Crippen LogP contribution in [0.2, 0.25) is 0 Å². The number of likely N-dealkylation sites (tertiary alicyclic amines) is 1. The van der Waals surface area contributed by atoms with E-state index in [1.807, 2.05) is 23.1 Å². The largest absolute Gasteiger partial charge is 0.496 e. The lowest BCUT2D eigenvalue weighted by atomic mass is 10.1. The standard InChI is InChI=1S/C18H28N2O3/c1-22-14-12-19-11-9-16-7-8-18(21)20(16)13-10-15-5-3-4-6-17(15)23-2/h3-6,16,19H,7-14H2,1-2H3/t16-/m0/s1. The van der Waals surface area contributed by atoms with Crippen LogP contribution in [0.1, 0.15) is 24.8 Å². The van der Waals surface area contributed by atoms with E-state index >= 15 is 0 Å². The molecule has 1 atom stereocenters. The van der Waals surface area contributed by atoms with Gasteiger partial charge in [-0.1, -0.05) is 18.2 Å². The highest BCUT2D eigenvalue weighted by atomic mass is 16.5. The van der Waals surface area contributed by atoms with Crippen LogP contribution in [0, 0.1) is 0 Å². The zero-order valence-corrected chi connectivity index (χ0v) is 14.2. The molecule has 1 fully saturated rings. The molecule has 0 aromatic heterocycles. The summed E-state index contributed by atoms with van der Waals surface area (Å²) in [6.45, 7) is 3.27. The Morgan fingerprint density at radius 3 is 2.87 bits per heavy atom. The molecule has 128 valence electrons. The minimum Gasteiger partial charge on any atom is -0.496 e. The zero-order chi connectivity index (χ0) is 16.5. The number of carbonyl (C=O) groups excluding carboxylic acids is 1. The lowest BCUT2D eigenvalue weighted by molar-refractivity contribution is -0.129. The van der Waals surface area contributed by atoms with Crippen LogP contribution in [0.5, 0.6) is 5.75 Å². The van der Waals surface area contributed by atoms with Gasteiger partial charge in [0.2, 0.25) is 5.91 Å². The number of hydrogen-bond acceptors (Lipinski definition) is 4. The maximum atomic E-state index is 12.1. The number of nitrogens with one attached hydrogen (secondary N) is 1. The molecule has 0 radical (unpaired) electrons. The van der Waals surface area contributed by atoms with Crippen molar-refractivity contribution >= 4 is 5.91 Å². The summed E-state index contributed by atoms with van der Waals surface area (Å²) >= 11 is 0. The second-order valence-corrected chi connectivity index (χ2v) is 5.87. The highest BCUT2D eigenvalue weighted by Gasteiger charge is 2.30. The Morgan fingerprint density at radius 1 is 1.26 bits per heavy atom. The van der Waals surface area contributed by atoms with Crippen molar-refractivity contribution in [2.24, 2.45) is 0 Å². The number of rotatable bonds is 10. The lowest BCUT2D eigenvalue weighted by Gasteiger charge is -2.25. The Bertz CT molecular complexity index is 493. The van der Waals surface area contributed by atoms with Gasteiger partial charge in [-0.05, 0) is 37.4 Å². The van der Waals surface area contributed by atoms with E-state index in [2.05, 4.69) is 11.4 Å². The summed E-state index contributed by atoms with van der Waals surface area (Å²) < 4.78 is 10.4. The number of ether oxygens (including phenoxy) is 2. The van der Waals surface area contributed by atoms with Crippen molar-refractivity contribution in [1.82, 2.24) is 10.2 Å². The molecule has 1 aromatic carbocycles. The molecule has 23 heavy (non-hydrogen) atoms. The van der Waals surface area contributed by atoms with E-state index in [0.29, 0.717) is 12.5 Å². The summed E-state index contributed by atoms with van der Waals surface area (Å²) in [4.78, 5) is 14.2. The van der Waals surface area contributed by atoms with Gasteiger partial charge in [-0.25, -0.2) is 0 Å². The van der Waals surface area contributed by atoms with Gasteiger partial charge in [0.25, 0.3) is 0 Å². The van der Waals surface area contributed by atoms with E-state index in [-0.39, 0.29) is 5.91 Å². The molecule has 5 heteroatoms. The number of carbonyl (C=O) groups is 1. The molecule has 1 aliphatic rings. The predicted octanol–water partition coefficient (Wildman–Crippen LogP) is 1.85. The van der Waals surface area contributed by atoms with Gasteiger partial charge in [0.1, 0.15) is 5.75 Å². The minimum absolute atomic E-state index is 0.279. The third kappa shape index (κ3) is 5.22. The molecular formula is C18H28N2O3. The fraction of sp³-hybridized carbons (Fsp3) is 0.611. The van der Waals surface area contributed by atoms with Crippen molar-refractivity contribution in [2.45, 2.75) is 31.7 Å². The highest BCUT2D eigenvalue weighted by Crippen LogP contribution is 2.23. The van der Waals surface area contributed by atoms with E-state index in [4.69, 9.17) is 9.47 Å². The summed E-state index contributed by atoms with van der Waals surface area (Å²) in [5, 5.41) is 3.36. The van der Waals surface area contributed by atoms with Gasteiger partial charge < -0.3 is 19.7 Å². The van der Waals surface area contributed by atoms with Crippen LogP contribution in [0.15, 0.2) is 24.3 Å². The van der Waals surface area contributed by atoms with Gasteiger partial charge in [0.15, 0.2) is 0 Å². The van der Waals surface area contributed by atoms with Gasteiger partial charge >= 0.3 is 0 Å². The number of amides is 1. The van der Waals surface area contributed by atoms with E-state index in [0.717, 1.165) is 56.8 Å². The number of benzene rings is 1. The van der Waals surface area contributed by atoms with Gasteiger partial charge in [-0.2, -0.15) is 0 Å². The molecule has 0 saturated carbocycles. The third-order valence-electron chi connectivity index (χ3n) is 4.40. The van der Waals surface area contributed by atoms with E-state index < -0.39 is 0 Å². The summed E-state index contributed by atoms with van der Waals surface area (Å²) in [6.07, 6.45) is 3.48. The van der Waals surface area contributed by atoms with Crippen molar-refractivity contribution in [2.75, 3.05) is 40.5 Å².